The van der Waals surface area contributed by atoms with Gasteiger partial charge in [0, 0.05) is 12.1 Å². The average Bonchev–Trinajstić information content (AvgIpc) is 3.39. The van der Waals surface area contributed by atoms with Gasteiger partial charge in [0.1, 0.15) is 6.54 Å². The zero-order chi connectivity index (χ0) is 19.7. The van der Waals surface area contributed by atoms with Crippen LogP contribution in [0.4, 0.5) is 0 Å². The van der Waals surface area contributed by atoms with Crippen LogP contribution in [-0.2, 0) is 21.2 Å². The lowest BCUT2D eigenvalue weighted by molar-refractivity contribution is -0.136. The molecule has 1 aliphatic carbocycles. The van der Waals surface area contributed by atoms with Crippen molar-refractivity contribution in [3.05, 3.63) is 40.8 Å². The Kier molecular flexibility index (Phi) is 5.05. The number of tetrazole rings is 1. The number of sulfone groups is 1. The quantitative estimate of drug-likeness (QED) is 0.712. The van der Waals surface area contributed by atoms with E-state index in [1.165, 1.54) is 0 Å². The van der Waals surface area contributed by atoms with Crippen LogP contribution >= 0.6 is 0 Å². The Morgan fingerprint density at radius 2 is 1.79 bits per heavy atom. The number of carbonyl (C=O) groups excluding carboxylic acids is 1. The van der Waals surface area contributed by atoms with Crippen molar-refractivity contribution in [2.24, 2.45) is 0 Å². The predicted octanol–water partition coefficient (Wildman–Crippen LogP) is 0.387. The summed E-state index contributed by atoms with van der Waals surface area (Å²) in [5.74, 6) is -0.157. The number of benzene rings is 1. The van der Waals surface area contributed by atoms with Crippen molar-refractivity contribution in [1.82, 2.24) is 24.7 Å². The summed E-state index contributed by atoms with van der Waals surface area (Å²) in [6, 6.07) is 8.58. The van der Waals surface area contributed by atoms with E-state index in [2.05, 4.69) is 10.4 Å². The zero-order valence-electron chi connectivity index (χ0n) is 15.5. The maximum Gasteiger partial charge on any atom is 0.368 e. The Bertz CT molecular complexity index is 1010. The van der Waals surface area contributed by atoms with Gasteiger partial charge in [0.2, 0.25) is 5.91 Å². The lowest BCUT2D eigenvalue weighted by Gasteiger charge is -2.33. The summed E-state index contributed by atoms with van der Waals surface area (Å²) in [5, 5.41) is 7.71. The van der Waals surface area contributed by atoms with E-state index < -0.39 is 15.5 Å². The van der Waals surface area contributed by atoms with Crippen molar-refractivity contribution in [1.29, 1.82) is 0 Å². The molecular weight excluding hydrogens is 382 g/mol. The van der Waals surface area contributed by atoms with Crippen LogP contribution in [0.3, 0.4) is 0 Å². The highest BCUT2D eigenvalue weighted by Crippen LogP contribution is 2.29. The first-order valence-electron chi connectivity index (χ1n) is 9.54. The molecule has 2 aromatic rings. The van der Waals surface area contributed by atoms with E-state index in [1.54, 1.807) is 29.2 Å². The van der Waals surface area contributed by atoms with Crippen molar-refractivity contribution >= 4 is 15.7 Å². The third kappa shape index (κ3) is 3.73. The summed E-state index contributed by atoms with van der Waals surface area (Å²) < 4.78 is 26.1. The number of para-hydroxylation sites is 1. The molecule has 1 aliphatic heterocycles. The second-order valence-electron chi connectivity index (χ2n) is 7.46. The predicted molar refractivity (Wildman–Crippen MR) is 102 cm³/mol. The Morgan fingerprint density at radius 3 is 2.43 bits per heavy atom. The molecule has 2 heterocycles. The number of hydrogen-bond acceptors (Lipinski definition) is 6. The van der Waals surface area contributed by atoms with Gasteiger partial charge >= 0.3 is 5.69 Å². The Balaban J connectivity index is 1.57. The van der Waals surface area contributed by atoms with Crippen LogP contribution in [0.5, 0.6) is 0 Å². The molecule has 1 atom stereocenters. The Hall–Kier alpha value is -2.49. The molecule has 2 fully saturated rings. The molecule has 1 amide bonds. The van der Waals surface area contributed by atoms with Gasteiger partial charge in [-0.25, -0.2) is 13.2 Å². The Morgan fingerprint density at radius 1 is 1.07 bits per heavy atom. The minimum atomic E-state index is -3.11. The molecule has 0 N–H and O–H groups in total. The summed E-state index contributed by atoms with van der Waals surface area (Å²) in [7, 11) is -3.11. The first kappa shape index (κ1) is 18.9. The van der Waals surface area contributed by atoms with Gasteiger partial charge in [-0.15, -0.1) is 0 Å². The number of rotatable bonds is 5. The van der Waals surface area contributed by atoms with Gasteiger partial charge in [-0.05, 0) is 41.8 Å². The second kappa shape index (κ2) is 7.50. The summed E-state index contributed by atoms with van der Waals surface area (Å²) in [5.41, 5.74) is 0.0747. The zero-order valence-corrected chi connectivity index (χ0v) is 16.3. The van der Waals surface area contributed by atoms with Crippen molar-refractivity contribution in [3.8, 4) is 5.69 Å². The average molecular weight is 405 g/mol. The number of nitrogens with zero attached hydrogens (tertiary/aromatic N) is 5. The minimum Gasteiger partial charge on any atom is -0.334 e. The standard InChI is InChI=1S/C18H23N5O4S/c24-17(12-21-18(25)23(20-19-21)15-8-2-1-3-9-15)22(14-6-4-5-7-14)16-10-11-28(26,27)13-16/h1-3,8-9,14,16H,4-7,10-13H2. The van der Waals surface area contributed by atoms with Crippen LogP contribution in [-0.4, -0.2) is 62.6 Å². The fourth-order valence-electron chi connectivity index (χ4n) is 4.20. The fraction of sp³-hybridized carbons (Fsp3) is 0.556. The fourth-order valence-corrected chi connectivity index (χ4v) is 5.91. The van der Waals surface area contributed by atoms with E-state index in [-0.39, 0.29) is 36.0 Å². The van der Waals surface area contributed by atoms with Gasteiger partial charge in [-0.1, -0.05) is 31.0 Å². The molecule has 0 spiro atoms. The molecular formula is C18H23N5O4S. The SMILES string of the molecule is O=C(Cn1nnn(-c2ccccc2)c1=O)N(C1CCCC1)C1CCS(=O)(=O)C1. The molecule has 1 unspecified atom stereocenters. The molecule has 1 aromatic heterocycles. The Labute approximate surface area is 162 Å². The molecule has 1 saturated heterocycles. The summed E-state index contributed by atoms with van der Waals surface area (Å²) in [6.07, 6.45) is 4.24. The molecule has 9 nitrogen and oxygen atoms in total. The smallest absolute Gasteiger partial charge is 0.334 e. The molecule has 1 saturated carbocycles. The van der Waals surface area contributed by atoms with Crippen LogP contribution in [0.25, 0.3) is 5.69 Å². The maximum atomic E-state index is 13.1. The second-order valence-corrected chi connectivity index (χ2v) is 9.69. The first-order chi connectivity index (χ1) is 13.4. The largest absolute Gasteiger partial charge is 0.368 e. The molecule has 10 heteroatoms. The van der Waals surface area contributed by atoms with Crippen LogP contribution in [0.1, 0.15) is 32.1 Å². The summed E-state index contributed by atoms with van der Waals surface area (Å²) >= 11 is 0. The van der Waals surface area contributed by atoms with E-state index in [1.807, 2.05) is 6.07 Å². The lowest BCUT2D eigenvalue weighted by atomic mass is 10.1. The monoisotopic (exact) mass is 405 g/mol. The third-order valence-electron chi connectivity index (χ3n) is 5.53. The highest BCUT2D eigenvalue weighted by Gasteiger charge is 2.39. The maximum absolute atomic E-state index is 13.1. The molecule has 150 valence electrons. The number of amides is 1. The van der Waals surface area contributed by atoms with Gasteiger partial charge in [-0.3, -0.25) is 4.79 Å². The van der Waals surface area contributed by atoms with Gasteiger partial charge in [0.25, 0.3) is 0 Å². The van der Waals surface area contributed by atoms with Gasteiger partial charge < -0.3 is 4.90 Å². The summed E-state index contributed by atoms with van der Waals surface area (Å²) in [4.78, 5) is 27.4. The van der Waals surface area contributed by atoms with Crippen LogP contribution in [0, 0.1) is 0 Å². The van der Waals surface area contributed by atoms with Crippen LogP contribution in [0.2, 0.25) is 0 Å². The molecule has 1 aromatic carbocycles. The molecule has 4 rings (SSSR count). The molecule has 0 radical (unpaired) electrons. The highest BCUT2D eigenvalue weighted by atomic mass is 32.2. The van der Waals surface area contributed by atoms with E-state index in [9.17, 15) is 18.0 Å². The summed E-state index contributed by atoms with van der Waals surface area (Å²) in [6.45, 7) is -0.237. The third-order valence-corrected chi connectivity index (χ3v) is 7.28. The van der Waals surface area contributed by atoms with E-state index in [4.69, 9.17) is 0 Å². The van der Waals surface area contributed by atoms with Gasteiger partial charge in [0.05, 0.1) is 17.2 Å². The number of hydrogen-bond donors (Lipinski definition) is 0. The van der Waals surface area contributed by atoms with E-state index in [0.29, 0.717) is 12.1 Å². The van der Waals surface area contributed by atoms with Crippen LogP contribution in [0.15, 0.2) is 35.1 Å². The minimum absolute atomic E-state index is 0.000838. The van der Waals surface area contributed by atoms with Crippen molar-refractivity contribution < 1.29 is 13.2 Å². The first-order valence-corrected chi connectivity index (χ1v) is 11.4. The van der Waals surface area contributed by atoms with Crippen molar-refractivity contribution in [3.63, 3.8) is 0 Å². The van der Waals surface area contributed by atoms with Crippen molar-refractivity contribution in [2.75, 3.05) is 11.5 Å². The molecule has 0 bridgehead atoms. The molecule has 2 aliphatic rings. The van der Waals surface area contributed by atoms with Gasteiger partial charge in [-0.2, -0.15) is 9.36 Å². The molecule has 28 heavy (non-hydrogen) atoms. The highest BCUT2D eigenvalue weighted by molar-refractivity contribution is 7.91. The van der Waals surface area contributed by atoms with E-state index in [0.717, 1.165) is 35.0 Å². The van der Waals surface area contributed by atoms with Crippen LogP contribution < -0.4 is 5.69 Å². The van der Waals surface area contributed by atoms with Crippen molar-refractivity contribution in [2.45, 2.75) is 50.7 Å². The number of carbonyl (C=O) groups is 1. The van der Waals surface area contributed by atoms with Gasteiger partial charge in [0.15, 0.2) is 9.84 Å². The normalized spacial score (nSPS) is 21.8. The number of aromatic nitrogens is 4. The lowest BCUT2D eigenvalue weighted by Crippen LogP contribution is -2.49. The topological polar surface area (TPSA) is 107 Å². The van der Waals surface area contributed by atoms with E-state index >= 15 is 0 Å².